The van der Waals surface area contributed by atoms with Gasteiger partial charge in [-0.15, -0.1) is 0 Å². The Morgan fingerprint density at radius 1 is 0.266 bits per heavy atom. The average Bonchev–Trinajstić information content (AvgIpc) is 1.53. The largest absolute Gasteiger partial charge is 0.461 e. The molecule has 16 aromatic carbocycles. The van der Waals surface area contributed by atoms with Gasteiger partial charge in [-0.1, -0.05) is 377 Å². The van der Waals surface area contributed by atoms with Crippen molar-refractivity contribution in [1.82, 2.24) is 44.9 Å². The molecule has 13 nitrogen and oxygen atoms in total. The molecule has 0 radical (unpaired) electrons. The number of hydrogen-bond donors (Lipinski definition) is 0. The molecule has 0 amide bonds. The number of nitrogens with zero attached hydrogens (tertiary/aromatic N) is 9. The molecule has 3 aliphatic rings. The van der Waals surface area contributed by atoms with Gasteiger partial charge in [0.05, 0.1) is 0 Å². The maximum absolute atomic E-state index is 7.08. The van der Waals surface area contributed by atoms with Gasteiger partial charge in [-0.3, -0.25) is 0 Å². The Balaban J connectivity index is 0.000000114. The topological polar surface area (TPSA) is 169 Å². The van der Waals surface area contributed by atoms with Crippen molar-refractivity contribution in [3.05, 3.63) is 409 Å². The summed E-state index contributed by atoms with van der Waals surface area (Å²) in [7, 11) is 0. The highest BCUT2D eigenvalue weighted by Gasteiger charge is 2.51. The van der Waals surface area contributed by atoms with Gasteiger partial charge in [-0.2, -0.15) is 0 Å². The van der Waals surface area contributed by atoms with Gasteiger partial charge in [0, 0.05) is 132 Å². The summed E-state index contributed by atoms with van der Waals surface area (Å²) in [5.74, 6) is 7.43. The normalized spacial score (nSPS) is 14.0. The van der Waals surface area contributed by atoms with Gasteiger partial charge in [0.1, 0.15) is 44.8 Å². The number of rotatable bonds is 16. The summed E-state index contributed by atoms with van der Waals surface area (Å²) in [5, 5.41) is 7.91. The van der Waals surface area contributed by atoms with Crippen LogP contribution in [0.25, 0.3) is 230 Å². The minimum absolute atomic E-state index is 0.150. The van der Waals surface area contributed by atoms with E-state index >= 15 is 0 Å². The molecule has 0 N–H and O–H groups in total. The second-order valence-electron chi connectivity index (χ2n) is 37.5. The Morgan fingerprint density at radius 3 is 1.11 bits per heavy atom. The Morgan fingerprint density at radius 2 is 0.619 bits per heavy atom. The molecule has 26 rings (SSSR count). The highest BCUT2D eigenvalue weighted by molar-refractivity contribution is 6.15. The van der Waals surface area contributed by atoms with E-state index in [1.807, 2.05) is 189 Å². The monoisotopic (exact) mass is 1800 g/mol. The Hall–Kier alpha value is -16.8. The predicted octanol–water partition coefficient (Wildman–Crippen LogP) is 33.0. The Labute approximate surface area is 805 Å². The molecule has 1 unspecified atom stereocenters. The summed E-state index contributed by atoms with van der Waals surface area (Å²) in [4.78, 5) is 45.2. The molecule has 3 aliphatic carbocycles. The van der Waals surface area contributed by atoms with Crippen LogP contribution in [0.4, 0.5) is 0 Å². The number of fused-ring (bicyclic) bond motifs is 22. The Bertz CT molecular complexity index is 8700. The zero-order chi connectivity index (χ0) is 94.1. The van der Waals surface area contributed by atoms with Crippen LogP contribution in [0.2, 0.25) is 0 Å². The van der Waals surface area contributed by atoms with Gasteiger partial charge in [0.15, 0.2) is 52.4 Å². The Kier molecular flexibility index (Phi) is 20.8. The van der Waals surface area contributed by atoms with E-state index in [1.165, 1.54) is 72.1 Å². The smallest absolute Gasteiger partial charge is 0.164 e. The zero-order valence-electron chi connectivity index (χ0n) is 78.8. The molecule has 0 saturated carbocycles. The molecule has 0 fully saturated rings. The number of benzene rings is 16. The van der Waals surface area contributed by atoms with Crippen LogP contribution in [0.5, 0.6) is 0 Å². The minimum atomic E-state index is -0.217. The van der Waals surface area contributed by atoms with Crippen LogP contribution in [-0.2, 0) is 16.2 Å². The molecule has 7 heterocycles. The quantitative estimate of drug-likeness (QED) is 0.0897. The van der Waals surface area contributed by atoms with Crippen LogP contribution in [0.3, 0.4) is 0 Å². The molecule has 0 saturated heterocycles. The first-order valence-corrected chi connectivity index (χ1v) is 48.2. The van der Waals surface area contributed by atoms with Crippen LogP contribution < -0.4 is 0 Å². The lowest BCUT2D eigenvalue weighted by atomic mass is 9.62. The van der Waals surface area contributed by atoms with Crippen LogP contribution in [0, 0.1) is 18.8 Å². The highest BCUT2D eigenvalue weighted by Crippen LogP contribution is 2.62. The summed E-state index contributed by atoms with van der Waals surface area (Å²) in [6.07, 6.45) is 4.66. The zero-order valence-corrected chi connectivity index (χ0v) is 78.8. The van der Waals surface area contributed by atoms with Crippen LogP contribution in [0.1, 0.15) is 119 Å². The van der Waals surface area contributed by atoms with E-state index < -0.39 is 0 Å². The van der Waals surface area contributed by atoms with E-state index in [-0.39, 0.29) is 16.2 Å². The standard InChI is InChI=1S/C46H37N3O.C43H33N3O2.C37H27N3O/c1-28(2)46(29(3)4)39-21-12-11-18-35(39)36-26-27-38-37-20-13-19-34(41(37)50-42(38)40(36)46)30-22-24-33(25-23-30)45-48-43(31-14-7-5-8-15-31)47-44(49-45)32-16-9-6-10-17-32;1-5-28-25(4)47-36-23-20-27(24-33(28)36)41-44-40(26-14-9-8-10-15-26)45-42(46-41)32-17-13-18-34-37(32)31-22-21-30-29-16-11-12-19-35(29)48-39(30)38(31)43(34,6-2)7-3;1-3-37(2)29-19-12-18-28(31(29)27-22-21-26-25-17-10-11-20-30(25)41-33(26)32(27)37)36-39-34(23-13-6-4-7-14-23)38-35(40-36)24-15-8-5-9-16-24/h5-29H,1-4H3;5,8-24H,1,6-7H2,2-4H3;4-22H,3H2,1-2H3. The molecule has 13 heteroatoms. The third-order valence-electron chi connectivity index (χ3n) is 29.8. The molecular formula is C126H97N9O4. The third kappa shape index (κ3) is 13.7. The summed E-state index contributed by atoms with van der Waals surface area (Å²) in [6, 6.07) is 124. The van der Waals surface area contributed by atoms with Gasteiger partial charge in [0.2, 0.25) is 0 Å². The third-order valence-corrected chi connectivity index (χ3v) is 29.8. The minimum Gasteiger partial charge on any atom is -0.461 e. The lowest BCUT2D eigenvalue weighted by molar-refractivity contribution is 0.280. The molecule has 7 aromatic heterocycles. The fourth-order valence-electron chi connectivity index (χ4n) is 23.0. The second-order valence-corrected chi connectivity index (χ2v) is 37.5. The molecular weight excluding hydrogens is 1700 g/mol. The molecule has 0 bridgehead atoms. The van der Waals surface area contributed by atoms with Crippen LogP contribution >= 0.6 is 0 Å². The number of furan rings is 4. The van der Waals surface area contributed by atoms with Gasteiger partial charge in [0.25, 0.3) is 0 Å². The van der Waals surface area contributed by atoms with Crippen molar-refractivity contribution in [2.75, 3.05) is 0 Å². The SMILES string of the molecule is C=Cc1c(C)oc2ccc(-c3nc(-c4ccccc4)nc(-c4cccc5c4-c4ccc6c(oc7ccccc76)c4C5(CC)CC)n3)cc12.CC(C)C1(C(C)C)c2ccccc2-c2ccc3c(oc4c(-c5ccc(-c6nc(-c7ccccc7)nc(-c7ccccc7)n6)cc5)cccc43)c21.CCC1(C)c2cccc(-c3nc(-c4ccccc4)nc(-c4ccccc4)n3)c2-c2ccc3c(oc4ccccc43)c21. The lowest BCUT2D eigenvalue weighted by Gasteiger charge is -2.40. The summed E-state index contributed by atoms with van der Waals surface area (Å²) < 4.78 is 26.4. The number of aromatic nitrogens is 9. The highest BCUT2D eigenvalue weighted by atomic mass is 16.3. The molecule has 0 spiro atoms. The van der Waals surface area contributed by atoms with E-state index in [2.05, 4.69) is 244 Å². The fourth-order valence-corrected chi connectivity index (χ4v) is 23.0. The molecule has 0 aliphatic heterocycles. The van der Waals surface area contributed by atoms with Crippen LogP contribution in [-0.4, -0.2) is 44.9 Å². The van der Waals surface area contributed by atoms with Crippen molar-refractivity contribution in [1.29, 1.82) is 0 Å². The van der Waals surface area contributed by atoms with Crippen molar-refractivity contribution in [2.45, 2.75) is 97.8 Å². The van der Waals surface area contributed by atoms with Crippen molar-refractivity contribution in [2.24, 2.45) is 11.8 Å². The van der Waals surface area contributed by atoms with E-state index in [0.29, 0.717) is 64.3 Å². The van der Waals surface area contributed by atoms with E-state index in [4.69, 9.17) is 62.5 Å². The fraction of sp³-hybridized carbons (Fsp3) is 0.135. The van der Waals surface area contributed by atoms with Crippen molar-refractivity contribution < 1.29 is 17.7 Å². The molecule has 1 atom stereocenters. The van der Waals surface area contributed by atoms with E-state index in [0.717, 1.165) is 163 Å². The van der Waals surface area contributed by atoms with E-state index in [9.17, 15) is 0 Å². The van der Waals surface area contributed by atoms with Crippen molar-refractivity contribution in [3.63, 3.8) is 0 Å². The van der Waals surface area contributed by atoms with Crippen molar-refractivity contribution in [3.8, 4) is 147 Å². The number of para-hydroxylation sites is 3. The van der Waals surface area contributed by atoms with Gasteiger partial charge in [-0.05, 0) is 142 Å². The number of hydrogen-bond acceptors (Lipinski definition) is 13. The van der Waals surface area contributed by atoms with Gasteiger partial charge < -0.3 is 17.7 Å². The van der Waals surface area contributed by atoms with Crippen molar-refractivity contribution >= 4 is 82.9 Å². The molecule has 670 valence electrons. The molecule has 139 heavy (non-hydrogen) atoms. The summed E-state index contributed by atoms with van der Waals surface area (Å²) in [5.41, 5.74) is 32.8. The first-order chi connectivity index (χ1) is 68.1. The second kappa shape index (κ2) is 33.9. The van der Waals surface area contributed by atoms with Gasteiger partial charge >= 0.3 is 0 Å². The molecule has 23 aromatic rings. The first kappa shape index (κ1) is 85.2. The van der Waals surface area contributed by atoms with Crippen LogP contribution in [0.15, 0.2) is 382 Å². The van der Waals surface area contributed by atoms with Gasteiger partial charge in [-0.25, -0.2) is 44.9 Å². The first-order valence-electron chi connectivity index (χ1n) is 48.2. The lowest BCUT2D eigenvalue weighted by Crippen LogP contribution is -2.37. The maximum atomic E-state index is 7.08. The number of aryl methyl sites for hydroxylation is 1. The van der Waals surface area contributed by atoms with E-state index in [1.54, 1.807) is 0 Å². The summed E-state index contributed by atoms with van der Waals surface area (Å²) >= 11 is 0. The average molecular weight is 1800 g/mol. The maximum Gasteiger partial charge on any atom is 0.164 e. The predicted molar refractivity (Wildman–Crippen MR) is 565 cm³/mol. The summed E-state index contributed by atoms with van der Waals surface area (Å²) in [6.45, 7) is 24.6.